The van der Waals surface area contributed by atoms with E-state index >= 15 is 0 Å². The maximum Gasteiger partial charge on any atom is 0.258 e. The molecule has 0 aromatic heterocycles. The van der Waals surface area contributed by atoms with E-state index in [0.717, 1.165) is 11.8 Å². The average Bonchev–Trinajstić information content (AvgIpc) is 2.53. The fourth-order valence-corrected chi connectivity index (χ4v) is 3.05. The molecule has 5 nitrogen and oxygen atoms in total. The van der Waals surface area contributed by atoms with E-state index in [-0.39, 0.29) is 23.5 Å². The molecule has 1 atom stereocenters. The van der Waals surface area contributed by atoms with Crippen molar-refractivity contribution in [2.45, 2.75) is 17.9 Å². The molecule has 2 aromatic carbocycles. The van der Waals surface area contributed by atoms with Crippen molar-refractivity contribution in [2.75, 3.05) is 12.9 Å². The second kappa shape index (κ2) is 7.68. The summed E-state index contributed by atoms with van der Waals surface area (Å²) in [6.07, 6.45) is 1.13. The number of benzene rings is 2. The van der Waals surface area contributed by atoms with Crippen molar-refractivity contribution in [3.05, 3.63) is 59.1 Å². The third kappa shape index (κ3) is 4.97. The molecule has 24 heavy (non-hydrogen) atoms. The first-order chi connectivity index (χ1) is 11.3. The minimum atomic E-state index is -3.25. The first-order valence-electron chi connectivity index (χ1n) is 7.24. The Bertz CT molecular complexity index is 819. The predicted molar refractivity (Wildman–Crippen MR) is 93.1 cm³/mol. The van der Waals surface area contributed by atoms with Crippen LogP contribution in [0.4, 0.5) is 0 Å². The largest absolute Gasteiger partial charge is 0.484 e. The van der Waals surface area contributed by atoms with Crippen LogP contribution < -0.4 is 10.1 Å². The lowest BCUT2D eigenvalue weighted by Gasteiger charge is -2.16. The summed E-state index contributed by atoms with van der Waals surface area (Å²) < 4.78 is 28.1. The van der Waals surface area contributed by atoms with Crippen LogP contribution in [-0.4, -0.2) is 27.2 Å². The number of hydrogen-bond acceptors (Lipinski definition) is 4. The molecule has 0 aliphatic heterocycles. The van der Waals surface area contributed by atoms with Gasteiger partial charge in [-0.2, -0.15) is 0 Å². The lowest BCUT2D eigenvalue weighted by Crippen LogP contribution is -2.31. The van der Waals surface area contributed by atoms with E-state index < -0.39 is 9.84 Å². The zero-order valence-electron chi connectivity index (χ0n) is 13.3. The topological polar surface area (TPSA) is 72.5 Å². The Hall–Kier alpha value is -2.05. The number of amides is 1. The molecule has 2 rings (SSSR count). The van der Waals surface area contributed by atoms with Crippen molar-refractivity contribution >= 4 is 27.3 Å². The number of sulfone groups is 1. The third-order valence-electron chi connectivity index (χ3n) is 3.37. The Morgan fingerprint density at radius 3 is 2.38 bits per heavy atom. The zero-order valence-corrected chi connectivity index (χ0v) is 14.9. The highest BCUT2D eigenvalue weighted by Crippen LogP contribution is 2.22. The average molecular weight is 368 g/mol. The number of hydrogen-bond donors (Lipinski definition) is 1. The van der Waals surface area contributed by atoms with Crippen molar-refractivity contribution < 1.29 is 17.9 Å². The van der Waals surface area contributed by atoms with Crippen LogP contribution in [0.5, 0.6) is 5.75 Å². The van der Waals surface area contributed by atoms with Gasteiger partial charge in [-0.15, -0.1) is 0 Å². The maximum atomic E-state index is 12.0. The molecule has 0 bridgehead atoms. The standard InChI is InChI=1S/C17H18ClNO4S/c1-12(15-5-3-4-6-16(15)18)19-17(20)11-23-13-7-9-14(10-8-13)24(2,21)22/h3-10,12H,11H2,1-2H3,(H,19,20). The molecule has 1 N–H and O–H groups in total. The summed E-state index contributed by atoms with van der Waals surface area (Å²) in [5, 5.41) is 3.38. The van der Waals surface area contributed by atoms with E-state index in [0.29, 0.717) is 10.8 Å². The second-order valence-corrected chi connectivity index (χ2v) is 7.77. The first kappa shape index (κ1) is 18.3. The Morgan fingerprint density at radius 2 is 1.79 bits per heavy atom. The second-order valence-electron chi connectivity index (χ2n) is 5.34. The van der Waals surface area contributed by atoms with Crippen molar-refractivity contribution in [3.8, 4) is 5.75 Å². The minimum absolute atomic E-state index is 0.174. The highest BCUT2D eigenvalue weighted by Gasteiger charge is 2.13. The Balaban J connectivity index is 1.90. The zero-order chi connectivity index (χ0) is 17.7. The Morgan fingerprint density at radius 1 is 1.17 bits per heavy atom. The van der Waals surface area contributed by atoms with Crippen molar-refractivity contribution in [1.29, 1.82) is 0 Å². The van der Waals surface area contributed by atoms with E-state index in [9.17, 15) is 13.2 Å². The summed E-state index contributed by atoms with van der Waals surface area (Å²) in [5.74, 6) is 0.123. The van der Waals surface area contributed by atoms with Gasteiger partial charge in [-0.3, -0.25) is 4.79 Å². The number of rotatable bonds is 6. The van der Waals surface area contributed by atoms with Gasteiger partial charge in [-0.1, -0.05) is 29.8 Å². The van der Waals surface area contributed by atoms with E-state index in [1.807, 2.05) is 25.1 Å². The molecule has 0 spiro atoms. The molecule has 0 radical (unpaired) electrons. The lowest BCUT2D eigenvalue weighted by atomic mass is 10.1. The van der Waals surface area contributed by atoms with Gasteiger partial charge in [-0.25, -0.2) is 8.42 Å². The number of carbonyl (C=O) groups is 1. The fourth-order valence-electron chi connectivity index (χ4n) is 2.12. The van der Waals surface area contributed by atoms with Crippen LogP contribution in [0.1, 0.15) is 18.5 Å². The number of ether oxygens (including phenoxy) is 1. The molecule has 0 heterocycles. The van der Waals surface area contributed by atoms with Crippen LogP contribution in [0.15, 0.2) is 53.4 Å². The van der Waals surface area contributed by atoms with Crippen molar-refractivity contribution in [3.63, 3.8) is 0 Å². The van der Waals surface area contributed by atoms with E-state index in [1.165, 1.54) is 24.3 Å². The van der Waals surface area contributed by atoms with Crippen LogP contribution in [0.25, 0.3) is 0 Å². The molecule has 1 unspecified atom stereocenters. The molecule has 0 aliphatic carbocycles. The van der Waals surface area contributed by atoms with Crippen LogP contribution >= 0.6 is 11.6 Å². The smallest absolute Gasteiger partial charge is 0.258 e. The third-order valence-corrected chi connectivity index (χ3v) is 4.84. The number of halogens is 1. The molecule has 0 saturated carbocycles. The number of carbonyl (C=O) groups excluding carboxylic acids is 1. The summed E-state index contributed by atoms with van der Waals surface area (Å²) >= 11 is 6.10. The van der Waals surface area contributed by atoms with Gasteiger partial charge < -0.3 is 10.1 Å². The normalized spacial score (nSPS) is 12.5. The molecule has 0 saturated heterocycles. The highest BCUT2D eigenvalue weighted by atomic mass is 35.5. The van der Waals surface area contributed by atoms with Gasteiger partial charge in [0.1, 0.15) is 5.75 Å². The summed E-state index contributed by atoms with van der Waals surface area (Å²) in [6.45, 7) is 1.66. The van der Waals surface area contributed by atoms with Crippen LogP contribution in [0, 0.1) is 0 Å². The number of nitrogens with one attached hydrogen (secondary N) is 1. The van der Waals surface area contributed by atoms with Gasteiger partial charge in [0, 0.05) is 11.3 Å². The fraction of sp³-hybridized carbons (Fsp3) is 0.235. The monoisotopic (exact) mass is 367 g/mol. The molecule has 2 aromatic rings. The molecule has 0 fully saturated rings. The van der Waals surface area contributed by atoms with Gasteiger partial charge >= 0.3 is 0 Å². The van der Waals surface area contributed by atoms with Gasteiger partial charge in [0.2, 0.25) is 0 Å². The van der Waals surface area contributed by atoms with Gasteiger partial charge in [0.25, 0.3) is 5.91 Å². The molecule has 128 valence electrons. The molecule has 1 amide bonds. The SMILES string of the molecule is CC(NC(=O)COc1ccc(S(C)(=O)=O)cc1)c1ccccc1Cl. The molecule has 7 heteroatoms. The molecular weight excluding hydrogens is 350 g/mol. The Kier molecular flexibility index (Phi) is 5.85. The van der Waals surface area contributed by atoms with Gasteiger partial charge in [-0.05, 0) is 42.8 Å². The minimum Gasteiger partial charge on any atom is -0.484 e. The predicted octanol–water partition coefficient (Wildman–Crippen LogP) is 3.00. The van der Waals surface area contributed by atoms with Crippen molar-refractivity contribution in [1.82, 2.24) is 5.32 Å². The summed E-state index contributed by atoms with van der Waals surface area (Å²) in [4.78, 5) is 12.2. The van der Waals surface area contributed by atoms with Crippen molar-refractivity contribution in [2.24, 2.45) is 0 Å². The van der Waals surface area contributed by atoms with E-state index in [2.05, 4.69) is 5.32 Å². The van der Waals surface area contributed by atoms with Gasteiger partial charge in [0.05, 0.1) is 10.9 Å². The first-order valence-corrected chi connectivity index (χ1v) is 9.51. The molecular formula is C17H18ClNO4S. The van der Waals surface area contributed by atoms with E-state index in [4.69, 9.17) is 16.3 Å². The van der Waals surface area contributed by atoms with Gasteiger partial charge in [0.15, 0.2) is 16.4 Å². The highest BCUT2D eigenvalue weighted by molar-refractivity contribution is 7.90. The van der Waals surface area contributed by atoms with Crippen LogP contribution in [0.2, 0.25) is 5.02 Å². The molecule has 0 aliphatic rings. The quantitative estimate of drug-likeness (QED) is 0.851. The summed E-state index contributed by atoms with van der Waals surface area (Å²) in [6, 6.07) is 12.9. The summed E-state index contributed by atoms with van der Waals surface area (Å²) in [5.41, 5.74) is 0.824. The van der Waals surface area contributed by atoms with E-state index in [1.54, 1.807) is 6.07 Å². The summed E-state index contributed by atoms with van der Waals surface area (Å²) in [7, 11) is -3.25. The van der Waals surface area contributed by atoms with Crippen LogP contribution in [0.3, 0.4) is 0 Å². The van der Waals surface area contributed by atoms with Crippen LogP contribution in [-0.2, 0) is 14.6 Å². The lowest BCUT2D eigenvalue weighted by molar-refractivity contribution is -0.123. The maximum absolute atomic E-state index is 12.0. The Labute approximate surface area is 146 Å².